The number of nitrogens with zero attached hydrogens (tertiary/aromatic N) is 2. The summed E-state index contributed by atoms with van der Waals surface area (Å²) in [6.07, 6.45) is 3.19. The number of anilines is 1. The van der Waals surface area contributed by atoms with Gasteiger partial charge in [-0.2, -0.15) is 0 Å². The lowest BCUT2D eigenvalue weighted by atomic mass is 10.1. The van der Waals surface area contributed by atoms with E-state index in [1.54, 1.807) is 24.5 Å². The Kier molecular flexibility index (Phi) is 3.74. The topological polar surface area (TPSA) is 70.7 Å². The van der Waals surface area contributed by atoms with Gasteiger partial charge in [-0.3, -0.25) is 9.78 Å². The Morgan fingerprint density at radius 1 is 1.08 bits per heavy atom. The van der Waals surface area contributed by atoms with Crippen LogP contribution in [0.1, 0.15) is 15.9 Å². The normalized spacial score (nSPS) is 10.8. The van der Waals surface area contributed by atoms with Crippen molar-refractivity contribution < 1.29 is 4.79 Å². The number of aromatic nitrogens is 3. The van der Waals surface area contributed by atoms with Crippen molar-refractivity contribution in [2.75, 3.05) is 5.32 Å². The molecular formula is C20H16N4O. The minimum Gasteiger partial charge on any atom is -0.338 e. The number of benzene rings is 2. The van der Waals surface area contributed by atoms with E-state index in [4.69, 9.17) is 0 Å². The predicted molar refractivity (Wildman–Crippen MR) is 98.5 cm³/mol. The third kappa shape index (κ3) is 2.99. The van der Waals surface area contributed by atoms with Gasteiger partial charge in [0.1, 0.15) is 5.82 Å². The molecule has 0 radical (unpaired) electrons. The van der Waals surface area contributed by atoms with Crippen molar-refractivity contribution in [1.82, 2.24) is 15.0 Å². The zero-order valence-corrected chi connectivity index (χ0v) is 13.7. The zero-order chi connectivity index (χ0) is 17.2. The number of aryl methyl sites for hydroxylation is 1. The smallest absolute Gasteiger partial charge is 0.257 e. The third-order valence-corrected chi connectivity index (χ3v) is 4.07. The van der Waals surface area contributed by atoms with Gasteiger partial charge in [-0.05, 0) is 42.8 Å². The van der Waals surface area contributed by atoms with Crippen molar-refractivity contribution in [3.63, 3.8) is 0 Å². The Hall–Kier alpha value is -3.47. The Labute approximate surface area is 144 Å². The number of carbonyl (C=O) groups excluding carboxylic acids is 1. The molecule has 0 aliphatic rings. The second-order valence-electron chi connectivity index (χ2n) is 5.83. The highest BCUT2D eigenvalue weighted by Gasteiger charge is 2.11. The summed E-state index contributed by atoms with van der Waals surface area (Å²) in [4.78, 5) is 24.3. The molecule has 4 aromatic rings. The van der Waals surface area contributed by atoms with Crippen LogP contribution in [0.15, 0.2) is 67.0 Å². The van der Waals surface area contributed by atoms with Crippen molar-refractivity contribution in [2.24, 2.45) is 0 Å². The summed E-state index contributed by atoms with van der Waals surface area (Å²) in [6.45, 7) is 1.96. The Morgan fingerprint density at radius 2 is 1.96 bits per heavy atom. The molecule has 0 bridgehead atoms. The lowest BCUT2D eigenvalue weighted by Crippen LogP contribution is -2.13. The summed E-state index contributed by atoms with van der Waals surface area (Å²) in [7, 11) is 0. The summed E-state index contributed by atoms with van der Waals surface area (Å²) in [6, 6.07) is 17.3. The molecule has 0 spiro atoms. The van der Waals surface area contributed by atoms with Crippen molar-refractivity contribution in [3.05, 3.63) is 78.1 Å². The number of para-hydroxylation sites is 2. The van der Waals surface area contributed by atoms with Gasteiger partial charge in [-0.25, -0.2) is 4.98 Å². The minimum absolute atomic E-state index is 0.182. The van der Waals surface area contributed by atoms with Gasteiger partial charge in [0, 0.05) is 23.6 Å². The molecule has 2 aromatic carbocycles. The van der Waals surface area contributed by atoms with Gasteiger partial charge < -0.3 is 10.3 Å². The van der Waals surface area contributed by atoms with Gasteiger partial charge in [-0.1, -0.05) is 24.3 Å². The van der Waals surface area contributed by atoms with Gasteiger partial charge in [-0.15, -0.1) is 0 Å². The standard InChI is InChI=1S/C20H16N4O/c1-13-8-9-14(19-22-16-6-2-3-7-17(16)23-19)11-18(13)24-20(25)15-5-4-10-21-12-15/h2-12H,1H3,(H,22,23)(H,24,25). The molecule has 0 atom stereocenters. The molecule has 0 saturated heterocycles. The van der Waals surface area contributed by atoms with E-state index < -0.39 is 0 Å². The molecule has 25 heavy (non-hydrogen) atoms. The number of nitrogens with one attached hydrogen (secondary N) is 2. The van der Waals surface area contributed by atoms with Crippen LogP contribution in [0, 0.1) is 6.92 Å². The Bertz CT molecular complexity index is 1020. The van der Waals surface area contributed by atoms with Gasteiger partial charge in [0.05, 0.1) is 16.6 Å². The van der Waals surface area contributed by atoms with Gasteiger partial charge in [0.25, 0.3) is 5.91 Å². The highest BCUT2D eigenvalue weighted by molar-refractivity contribution is 6.04. The van der Waals surface area contributed by atoms with E-state index in [1.165, 1.54) is 0 Å². The summed E-state index contributed by atoms with van der Waals surface area (Å²) in [5, 5.41) is 2.95. The van der Waals surface area contributed by atoms with Gasteiger partial charge in [0.15, 0.2) is 0 Å². The van der Waals surface area contributed by atoms with Crippen LogP contribution in [0.3, 0.4) is 0 Å². The maximum Gasteiger partial charge on any atom is 0.257 e. The highest BCUT2D eigenvalue weighted by atomic mass is 16.1. The number of fused-ring (bicyclic) bond motifs is 1. The van der Waals surface area contributed by atoms with Crippen LogP contribution in [0.2, 0.25) is 0 Å². The number of aromatic amines is 1. The third-order valence-electron chi connectivity index (χ3n) is 4.07. The molecule has 4 rings (SSSR count). The van der Waals surface area contributed by atoms with Gasteiger partial charge >= 0.3 is 0 Å². The minimum atomic E-state index is -0.182. The second-order valence-corrected chi connectivity index (χ2v) is 5.83. The molecule has 2 aromatic heterocycles. The molecule has 1 amide bonds. The summed E-state index contributed by atoms with van der Waals surface area (Å²) >= 11 is 0. The first-order valence-corrected chi connectivity index (χ1v) is 7.98. The number of imidazole rings is 1. The van der Waals surface area contributed by atoms with Crippen molar-refractivity contribution in [3.8, 4) is 11.4 Å². The molecule has 2 N–H and O–H groups in total. The van der Waals surface area contributed by atoms with Crippen molar-refractivity contribution in [1.29, 1.82) is 0 Å². The largest absolute Gasteiger partial charge is 0.338 e. The lowest BCUT2D eigenvalue weighted by molar-refractivity contribution is 0.102. The van der Waals surface area contributed by atoms with E-state index in [2.05, 4.69) is 20.3 Å². The average molecular weight is 328 g/mol. The van der Waals surface area contributed by atoms with Gasteiger partial charge in [0.2, 0.25) is 0 Å². The van der Waals surface area contributed by atoms with Crippen LogP contribution in [0.4, 0.5) is 5.69 Å². The summed E-state index contributed by atoms with van der Waals surface area (Å²) in [5.74, 6) is 0.594. The fourth-order valence-corrected chi connectivity index (χ4v) is 2.69. The number of hydrogen-bond donors (Lipinski definition) is 2. The van der Waals surface area contributed by atoms with Crippen LogP contribution in [-0.2, 0) is 0 Å². The maximum atomic E-state index is 12.4. The molecule has 0 saturated carbocycles. The monoisotopic (exact) mass is 328 g/mol. The number of carbonyl (C=O) groups is 1. The summed E-state index contributed by atoms with van der Waals surface area (Å²) in [5.41, 5.74) is 5.08. The molecule has 5 heteroatoms. The second kappa shape index (κ2) is 6.20. The van der Waals surface area contributed by atoms with Crippen molar-refractivity contribution in [2.45, 2.75) is 6.92 Å². The number of amides is 1. The van der Waals surface area contributed by atoms with Crippen LogP contribution < -0.4 is 5.32 Å². The Morgan fingerprint density at radius 3 is 2.76 bits per heavy atom. The van der Waals surface area contributed by atoms with Crippen LogP contribution in [-0.4, -0.2) is 20.9 Å². The number of pyridine rings is 1. The highest BCUT2D eigenvalue weighted by Crippen LogP contribution is 2.25. The first-order chi connectivity index (χ1) is 12.2. The van der Waals surface area contributed by atoms with E-state index in [-0.39, 0.29) is 5.91 Å². The van der Waals surface area contributed by atoms with E-state index in [1.807, 2.05) is 49.4 Å². The fourth-order valence-electron chi connectivity index (χ4n) is 2.69. The summed E-state index contributed by atoms with van der Waals surface area (Å²) < 4.78 is 0. The molecule has 0 aliphatic carbocycles. The number of rotatable bonds is 3. The Balaban J connectivity index is 1.67. The average Bonchev–Trinajstić information content (AvgIpc) is 3.08. The quantitative estimate of drug-likeness (QED) is 0.592. The molecular weight excluding hydrogens is 312 g/mol. The lowest BCUT2D eigenvalue weighted by Gasteiger charge is -2.10. The van der Waals surface area contributed by atoms with E-state index >= 15 is 0 Å². The number of hydrogen-bond acceptors (Lipinski definition) is 3. The SMILES string of the molecule is Cc1ccc(-c2nc3ccccc3[nH]2)cc1NC(=O)c1cccnc1. The first-order valence-electron chi connectivity index (χ1n) is 7.98. The predicted octanol–water partition coefficient (Wildman–Crippen LogP) is 4.19. The fraction of sp³-hybridized carbons (Fsp3) is 0.0500. The van der Waals surface area contributed by atoms with E-state index in [0.717, 1.165) is 33.7 Å². The number of H-pyrrole nitrogens is 1. The van der Waals surface area contributed by atoms with Crippen LogP contribution in [0.5, 0.6) is 0 Å². The molecule has 0 unspecified atom stereocenters. The van der Waals surface area contributed by atoms with Crippen LogP contribution in [0.25, 0.3) is 22.4 Å². The molecule has 2 heterocycles. The molecule has 5 nitrogen and oxygen atoms in total. The maximum absolute atomic E-state index is 12.4. The van der Waals surface area contributed by atoms with E-state index in [0.29, 0.717) is 5.56 Å². The van der Waals surface area contributed by atoms with E-state index in [9.17, 15) is 4.79 Å². The zero-order valence-electron chi connectivity index (χ0n) is 13.7. The first kappa shape index (κ1) is 15.1. The molecule has 0 aliphatic heterocycles. The molecule has 0 fully saturated rings. The van der Waals surface area contributed by atoms with Crippen molar-refractivity contribution >= 4 is 22.6 Å². The van der Waals surface area contributed by atoms with Crippen LogP contribution >= 0.6 is 0 Å². The molecule has 122 valence electrons.